The number of sulfonamides is 1. The number of halogens is 3. The predicted octanol–water partition coefficient (Wildman–Crippen LogP) is 5.78. The second kappa shape index (κ2) is 12.3. The highest BCUT2D eigenvalue weighted by molar-refractivity contribution is 7.91. The molecule has 1 fully saturated rings. The Balaban J connectivity index is 0.00000361. The molecule has 1 amide bonds. The van der Waals surface area contributed by atoms with Gasteiger partial charge in [0, 0.05) is 30.6 Å². The van der Waals surface area contributed by atoms with Gasteiger partial charge in [0.1, 0.15) is 4.21 Å². The van der Waals surface area contributed by atoms with E-state index in [-0.39, 0.29) is 28.4 Å². The molecule has 0 N–H and O–H groups in total. The lowest BCUT2D eigenvalue weighted by Gasteiger charge is -2.32. The maximum absolute atomic E-state index is 13.7. The molecule has 7 nitrogen and oxygen atoms in total. The summed E-state index contributed by atoms with van der Waals surface area (Å²) < 4.78 is 29.0. The molecular weight excluding hydrogens is 583 g/mol. The van der Waals surface area contributed by atoms with E-state index in [1.54, 1.807) is 11.0 Å². The Labute approximate surface area is 236 Å². The molecule has 1 aromatic carbocycles. The highest BCUT2D eigenvalue weighted by atomic mass is 35.5. The lowest BCUT2D eigenvalue weighted by atomic mass is 9.96. The molecule has 1 aliphatic heterocycles. The van der Waals surface area contributed by atoms with Crippen molar-refractivity contribution < 1.29 is 13.2 Å². The highest BCUT2D eigenvalue weighted by Crippen LogP contribution is 2.35. The quantitative estimate of drug-likeness (QED) is 0.323. The summed E-state index contributed by atoms with van der Waals surface area (Å²) in [5, 5.41) is 1.31. The van der Waals surface area contributed by atoms with Crippen molar-refractivity contribution in [3.8, 4) is 0 Å². The number of benzene rings is 1. The van der Waals surface area contributed by atoms with Crippen LogP contribution in [0.2, 0.25) is 9.36 Å². The number of hydrogen-bond acceptors (Lipinski definition) is 7. The first kappa shape index (κ1) is 29.6. The maximum atomic E-state index is 13.7. The minimum Gasteiger partial charge on any atom is -0.309 e. The van der Waals surface area contributed by atoms with Crippen molar-refractivity contribution >= 4 is 89.6 Å². The number of carbonyl (C=O) groups is 1. The molecule has 13 heteroatoms. The minimum atomic E-state index is -3.60. The van der Waals surface area contributed by atoms with Crippen molar-refractivity contribution in [2.24, 2.45) is 5.92 Å². The van der Waals surface area contributed by atoms with Crippen LogP contribution in [-0.2, 0) is 14.8 Å². The second-order valence-corrected chi connectivity index (χ2v) is 14.3. The van der Waals surface area contributed by atoms with Crippen LogP contribution in [0, 0.1) is 12.8 Å². The molecule has 0 radical (unpaired) electrons. The zero-order valence-corrected chi connectivity index (χ0v) is 25.0. The first-order valence-electron chi connectivity index (χ1n) is 11.3. The van der Waals surface area contributed by atoms with Gasteiger partial charge >= 0.3 is 0 Å². The summed E-state index contributed by atoms with van der Waals surface area (Å²) in [6.07, 6.45) is 1.75. The molecule has 4 rings (SSSR count). The smallest absolute Gasteiger partial charge is 0.252 e. The summed E-state index contributed by atoms with van der Waals surface area (Å²) in [7, 11) is 0.414. The van der Waals surface area contributed by atoms with Gasteiger partial charge in [-0.2, -0.15) is 4.31 Å². The molecule has 1 saturated heterocycles. The summed E-state index contributed by atoms with van der Waals surface area (Å²) in [6, 6.07) is 6.89. The maximum Gasteiger partial charge on any atom is 0.252 e. The molecule has 3 aromatic rings. The van der Waals surface area contributed by atoms with Crippen molar-refractivity contribution in [1.29, 1.82) is 0 Å². The van der Waals surface area contributed by atoms with Crippen LogP contribution in [0.15, 0.2) is 28.5 Å². The number of anilines is 1. The first-order valence-corrected chi connectivity index (χ1v) is 15.2. The molecule has 0 unspecified atom stereocenters. The molecule has 0 aliphatic carbocycles. The van der Waals surface area contributed by atoms with Crippen LogP contribution in [0.4, 0.5) is 5.13 Å². The first-order chi connectivity index (χ1) is 16.6. The van der Waals surface area contributed by atoms with Crippen LogP contribution in [0.3, 0.4) is 0 Å². The van der Waals surface area contributed by atoms with Crippen LogP contribution in [0.25, 0.3) is 10.2 Å². The number of rotatable bonds is 8. The summed E-state index contributed by atoms with van der Waals surface area (Å²) in [4.78, 5) is 22.4. The van der Waals surface area contributed by atoms with Gasteiger partial charge in [0.2, 0.25) is 5.91 Å². The molecule has 1 aliphatic rings. The third-order valence-corrected chi connectivity index (χ3v) is 10.9. The van der Waals surface area contributed by atoms with Gasteiger partial charge in [-0.15, -0.1) is 23.7 Å². The van der Waals surface area contributed by atoms with Gasteiger partial charge in [-0.25, -0.2) is 13.4 Å². The van der Waals surface area contributed by atoms with Gasteiger partial charge in [0.15, 0.2) is 5.13 Å². The Bertz CT molecular complexity index is 1320. The monoisotopic (exact) mass is 610 g/mol. The number of hydrogen-bond donors (Lipinski definition) is 0. The third kappa shape index (κ3) is 6.53. The van der Waals surface area contributed by atoms with Gasteiger partial charge in [-0.05, 0) is 76.7 Å². The number of carbonyl (C=O) groups excluding carboxylic acids is 1. The van der Waals surface area contributed by atoms with Crippen LogP contribution in [0.1, 0.15) is 24.8 Å². The minimum absolute atomic E-state index is 0. The molecule has 0 spiro atoms. The Morgan fingerprint density at radius 1 is 1.14 bits per heavy atom. The Morgan fingerprint density at radius 3 is 2.44 bits per heavy atom. The molecule has 2 aromatic heterocycles. The van der Waals surface area contributed by atoms with Crippen molar-refractivity contribution in [1.82, 2.24) is 14.2 Å². The van der Waals surface area contributed by atoms with Crippen molar-refractivity contribution in [3.05, 3.63) is 39.2 Å². The van der Waals surface area contributed by atoms with E-state index >= 15 is 0 Å². The number of aryl methyl sites for hydroxylation is 1. The fourth-order valence-corrected chi connectivity index (χ4v) is 8.79. The van der Waals surface area contributed by atoms with Crippen molar-refractivity contribution in [2.75, 3.05) is 45.2 Å². The molecule has 0 saturated carbocycles. The average molecular weight is 612 g/mol. The highest BCUT2D eigenvalue weighted by Gasteiger charge is 2.35. The Kier molecular flexibility index (Phi) is 10.1. The summed E-state index contributed by atoms with van der Waals surface area (Å²) in [5.74, 6) is -0.257. The number of thiophene rings is 1. The fourth-order valence-electron chi connectivity index (χ4n) is 4.23. The summed E-state index contributed by atoms with van der Waals surface area (Å²) in [5.41, 5.74) is 1.83. The molecule has 198 valence electrons. The number of thiazole rings is 1. The van der Waals surface area contributed by atoms with E-state index in [0.29, 0.717) is 47.0 Å². The van der Waals surface area contributed by atoms with E-state index in [0.717, 1.165) is 40.1 Å². The van der Waals surface area contributed by atoms with E-state index in [4.69, 9.17) is 28.2 Å². The van der Waals surface area contributed by atoms with Crippen LogP contribution in [-0.4, -0.2) is 68.8 Å². The molecule has 0 atom stereocenters. The topological polar surface area (TPSA) is 73.8 Å². The third-order valence-electron chi connectivity index (χ3n) is 6.07. The Hall–Kier alpha value is -0.980. The number of piperidine rings is 1. The average Bonchev–Trinajstić information content (AvgIpc) is 3.43. The summed E-state index contributed by atoms with van der Waals surface area (Å²) >= 11 is 14.7. The molecule has 3 heterocycles. The Morgan fingerprint density at radius 2 is 1.83 bits per heavy atom. The van der Waals surface area contributed by atoms with Crippen molar-refractivity contribution in [2.45, 2.75) is 30.4 Å². The zero-order valence-electron chi connectivity index (χ0n) is 20.2. The van der Waals surface area contributed by atoms with Gasteiger partial charge < -0.3 is 4.90 Å². The predicted molar refractivity (Wildman–Crippen MR) is 153 cm³/mol. The number of aromatic nitrogens is 1. The van der Waals surface area contributed by atoms with Crippen LogP contribution in [0.5, 0.6) is 0 Å². The van der Waals surface area contributed by atoms with Gasteiger partial charge in [-0.1, -0.05) is 34.5 Å². The standard InChI is InChI=1S/C23H28Cl2N4O3S3.ClH/c1-15-13-17(24)14-18-21(15)26-23(33-18)29(10-4-9-27(2)3)22(30)16-7-11-28(12-8-16)35(31,32)20-6-5-19(25)34-20;/h5-6,13-14,16H,4,7-12H2,1-3H3;1H. The fraction of sp³-hybridized carbons (Fsp3) is 0.478. The summed E-state index contributed by atoms with van der Waals surface area (Å²) in [6.45, 7) is 3.96. The van der Waals surface area contributed by atoms with Crippen LogP contribution < -0.4 is 4.90 Å². The van der Waals surface area contributed by atoms with E-state index in [1.807, 2.05) is 33.2 Å². The number of fused-ring (bicyclic) bond motifs is 1. The van der Waals surface area contributed by atoms with Crippen molar-refractivity contribution in [3.63, 3.8) is 0 Å². The van der Waals surface area contributed by atoms with E-state index in [1.165, 1.54) is 21.7 Å². The van der Waals surface area contributed by atoms with E-state index in [2.05, 4.69) is 4.90 Å². The molecule has 36 heavy (non-hydrogen) atoms. The second-order valence-electron chi connectivity index (χ2n) is 8.95. The lowest BCUT2D eigenvalue weighted by Crippen LogP contribution is -2.45. The molecular formula is C23H29Cl3N4O3S3. The lowest BCUT2D eigenvalue weighted by molar-refractivity contribution is -0.123. The van der Waals surface area contributed by atoms with Gasteiger partial charge in [0.05, 0.1) is 14.6 Å². The van der Waals surface area contributed by atoms with Gasteiger partial charge in [-0.3, -0.25) is 9.69 Å². The number of nitrogens with zero attached hydrogens (tertiary/aromatic N) is 4. The zero-order chi connectivity index (χ0) is 25.3. The van der Waals surface area contributed by atoms with E-state index in [9.17, 15) is 13.2 Å². The van der Waals surface area contributed by atoms with Crippen LogP contribution >= 0.6 is 58.3 Å². The SMILES string of the molecule is Cc1cc(Cl)cc2sc(N(CCCN(C)C)C(=O)C3CCN(S(=O)(=O)c4ccc(Cl)s4)CC3)nc12.Cl. The van der Waals surface area contributed by atoms with Gasteiger partial charge in [0.25, 0.3) is 10.0 Å². The molecule has 0 bridgehead atoms. The largest absolute Gasteiger partial charge is 0.309 e. The number of amides is 1. The normalized spacial score (nSPS) is 15.4. The van der Waals surface area contributed by atoms with E-state index < -0.39 is 10.0 Å².